The smallest absolute Gasteiger partial charge is 0.218 e. The highest BCUT2D eigenvalue weighted by Crippen LogP contribution is 2.63. The molecule has 0 spiro atoms. The number of carbonyl (C=O) groups is 2. The van der Waals surface area contributed by atoms with Gasteiger partial charge in [0.05, 0.1) is 43.6 Å². The number of carboxylic acid groups (broad SMARTS) is 2. The van der Waals surface area contributed by atoms with Crippen molar-refractivity contribution in [2.75, 3.05) is 90.9 Å². The Balaban J connectivity index is 1.39. The molecule has 5 heterocycles. The van der Waals surface area contributed by atoms with Crippen LogP contribution in [0.3, 0.4) is 0 Å². The van der Waals surface area contributed by atoms with Crippen LogP contribution in [0.4, 0.5) is 0 Å². The molecule has 26 atom stereocenters. The molecule has 0 aromatic rings. The molecule has 5 saturated heterocycles. The van der Waals surface area contributed by atoms with Crippen molar-refractivity contribution in [2.45, 2.75) is 147 Å². The first kappa shape index (κ1) is 75.6. The number of carbonyl (C=O) groups excluding carboxylic acids is 2. The maximum absolute atomic E-state index is 13.1. The van der Waals surface area contributed by atoms with E-state index in [9.17, 15) is 84.7 Å². The van der Waals surface area contributed by atoms with Gasteiger partial charge in [-0.15, -0.1) is 0 Å². The molecule has 6 aliphatic rings. The summed E-state index contributed by atoms with van der Waals surface area (Å²) < 4.78 is 313. The minimum absolute atomic E-state index is 0.694. The van der Waals surface area contributed by atoms with Gasteiger partial charge in [-0.25, -0.2) is 42.1 Å². The highest BCUT2D eigenvalue weighted by Gasteiger charge is 2.79. The SMILES string of the molecule is COCC1O[C@H](OC)C(OS(=O)(=O)[O-])C(OS(=O)(=O)[O-])[C@@H]1O[C@@H]1OC(C(=O)[O-])[C@@H]2[C@@H](C1OC)C2(OC)O[C@@H]1OC(COC)[C@@H](O[C@@H]2OC(C(=O)[O-])[C@@H](O[C@H]3OC(COS(=O)(=O)[O-])[C@@H](OC)C(OC)C3OC)C(OC)C2OC)[C@H](OS(=O)(=O)[O-])C1OS(=O)(=O)[O-]. The van der Waals surface area contributed by atoms with Crippen LogP contribution in [-0.2, 0) is 172 Å². The van der Waals surface area contributed by atoms with Crippen LogP contribution in [0.5, 0.6) is 0 Å². The quantitative estimate of drug-likeness (QED) is 0.0334. The first-order valence-corrected chi connectivity index (χ1v) is 31.8. The van der Waals surface area contributed by atoms with Gasteiger partial charge >= 0.3 is 0 Å². The maximum Gasteiger partial charge on any atom is 0.218 e. The fraction of sp³-hybridized carbons (Fsp3) is 0.951. The molecule has 0 bridgehead atoms. The third kappa shape index (κ3) is 18.1. The van der Waals surface area contributed by atoms with Crippen molar-refractivity contribution in [1.82, 2.24) is 0 Å². The maximum atomic E-state index is 13.1. The predicted molar refractivity (Wildman–Crippen MR) is 255 cm³/mol. The molecule has 520 valence electrons. The second-order valence-corrected chi connectivity index (χ2v) is 24.5. The lowest BCUT2D eigenvalue weighted by Gasteiger charge is -2.51. The molecule has 0 radical (unpaired) electrons. The molecule has 89 heavy (non-hydrogen) atoms. The lowest BCUT2D eigenvalue weighted by molar-refractivity contribution is -0.396. The molecule has 0 aromatic carbocycles. The third-order valence-electron chi connectivity index (χ3n) is 14.5. The van der Waals surface area contributed by atoms with Crippen LogP contribution in [-0.4, -0.2) is 315 Å². The van der Waals surface area contributed by atoms with Gasteiger partial charge in [-0.05, 0) is 0 Å². The number of rotatable bonds is 33. The Hall–Kier alpha value is -2.47. The summed E-state index contributed by atoms with van der Waals surface area (Å²) in [5.74, 6) is -10.6. The Kier molecular flexibility index (Phi) is 25.9. The normalized spacial score (nSPS) is 40.7. The molecule has 1 saturated carbocycles. The van der Waals surface area contributed by atoms with E-state index in [0.717, 1.165) is 71.1 Å². The molecule has 6 rings (SSSR count). The van der Waals surface area contributed by atoms with Gasteiger partial charge in [0, 0.05) is 71.1 Å². The summed E-state index contributed by atoms with van der Waals surface area (Å²) in [6, 6.07) is 0. The summed E-state index contributed by atoms with van der Waals surface area (Å²) in [5.41, 5.74) is 0. The average Bonchev–Trinajstić information content (AvgIpc) is 1.53. The summed E-state index contributed by atoms with van der Waals surface area (Å²) in [4.78, 5) is 26.2. The van der Waals surface area contributed by atoms with Gasteiger partial charge in [0.15, 0.2) is 49.4 Å². The topological polar surface area (TPSA) is 588 Å². The van der Waals surface area contributed by atoms with E-state index in [1.807, 2.05) is 0 Å². The van der Waals surface area contributed by atoms with E-state index in [1.165, 1.54) is 0 Å². The Morgan fingerprint density at radius 2 is 0.719 bits per heavy atom. The Morgan fingerprint density at radius 1 is 0.360 bits per heavy atom. The number of aliphatic carboxylic acids is 2. The summed E-state index contributed by atoms with van der Waals surface area (Å²) >= 11 is 0. The van der Waals surface area contributed by atoms with Gasteiger partial charge in [-0.3, -0.25) is 20.9 Å². The monoisotopic (exact) mass is 1400 g/mol. The molecular weight excluding hydrogens is 1340 g/mol. The zero-order chi connectivity index (χ0) is 66.7. The molecule has 14 unspecified atom stereocenters. The number of ether oxygens (including phenoxy) is 19. The molecular formula is C41H61O43S5-7. The van der Waals surface area contributed by atoms with Crippen molar-refractivity contribution >= 4 is 63.9 Å². The number of carboxylic acids is 2. The van der Waals surface area contributed by atoms with Gasteiger partial charge in [0.25, 0.3) is 0 Å². The van der Waals surface area contributed by atoms with Crippen LogP contribution in [0, 0.1) is 11.8 Å². The first-order chi connectivity index (χ1) is 41.4. The molecule has 1 aliphatic carbocycles. The van der Waals surface area contributed by atoms with Gasteiger partial charge in [0.1, 0.15) is 97.7 Å². The molecule has 0 N–H and O–H groups in total. The van der Waals surface area contributed by atoms with E-state index in [0.29, 0.717) is 0 Å². The number of hydrogen-bond acceptors (Lipinski definition) is 43. The standard InChI is InChI=1S/C41H68O43S5/c1-61-11-14-20(27(81-86(49,50)51)32(36(69-9)72-14)83-88(55,56)57)75-37-23(64-4)18-17(22(77-37)34(42)43)41(18,70-10)80-40-33(84-89(58,59)60)28(82-87(52,53)54)21(15(74-40)12-62-2)76-39-31(68-8)25(66-6)26(29(79-39)35(44)45)78-38-30(67-7)24(65-5)19(63-3)16(73-38)13-71-85(46,47)48/h14-33,36-40H,11-13H2,1-10H3,(H,42,43)(H,44,45)(H,46,47,48)(H,49,50,51)(H,52,53,54)(H,55,56,57)(H,58,59,60)/p-7/t14?,15?,16?,17-,18-,19+,20+,21+,22?,23?,24?,25?,26-,27?,28-,29?,30?,31?,32?,33?,36-,37+,38+,39+,40-,41?/m0/s1. The molecule has 5 aliphatic heterocycles. The molecule has 43 nitrogen and oxygen atoms in total. The summed E-state index contributed by atoms with van der Waals surface area (Å²) in [7, 11) is -19.8. The van der Waals surface area contributed by atoms with E-state index in [-0.39, 0.29) is 0 Å². The van der Waals surface area contributed by atoms with Crippen LogP contribution in [0.25, 0.3) is 0 Å². The van der Waals surface area contributed by atoms with E-state index < -0.39 is 243 Å². The molecule has 6 fully saturated rings. The zero-order valence-corrected chi connectivity index (χ0v) is 51.7. The minimum Gasteiger partial charge on any atom is -0.726 e. The first-order valence-electron chi connectivity index (χ1n) is 25.2. The van der Waals surface area contributed by atoms with Gasteiger partial charge in [0.2, 0.25) is 52.0 Å². The highest BCUT2D eigenvalue weighted by atomic mass is 32.3. The Morgan fingerprint density at radius 3 is 1.11 bits per heavy atom. The third-order valence-corrected chi connectivity index (χ3v) is 16.7. The fourth-order valence-electron chi connectivity index (χ4n) is 11.2. The van der Waals surface area contributed by atoms with E-state index in [2.05, 4.69) is 12.5 Å². The van der Waals surface area contributed by atoms with Crippen molar-refractivity contribution in [3.05, 3.63) is 0 Å². The van der Waals surface area contributed by atoms with Crippen LogP contribution >= 0.6 is 0 Å². The van der Waals surface area contributed by atoms with E-state index >= 15 is 0 Å². The number of fused-ring (bicyclic) bond motifs is 1. The number of hydrogen-bond donors (Lipinski definition) is 0. The van der Waals surface area contributed by atoms with E-state index in [1.54, 1.807) is 0 Å². The van der Waals surface area contributed by atoms with Crippen LogP contribution in [0.2, 0.25) is 0 Å². The van der Waals surface area contributed by atoms with Gasteiger partial charge in [-0.1, -0.05) is 0 Å². The van der Waals surface area contributed by atoms with Crippen LogP contribution in [0.1, 0.15) is 0 Å². The molecule has 0 aromatic heterocycles. The summed E-state index contributed by atoms with van der Waals surface area (Å²) in [5, 5.41) is 26.2. The minimum atomic E-state index is -6.25. The van der Waals surface area contributed by atoms with Crippen molar-refractivity contribution in [3.63, 3.8) is 0 Å². The number of methoxy groups -OCH3 is 10. The van der Waals surface area contributed by atoms with Crippen LogP contribution in [0.15, 0.2) is 0 Å². The highest BCUT2D eigenvalue weighted by molar-refractivity contribution is 7.81. The Labute approximate surface area is 507 Å². The predicted octanol–water partition coefficient (Wildman–Crippen LogP) is -10.2. The van der Waals surface area contributed by atoms with Crippen molar-refractivity contribution in [3.8, 4) is 0 Å². The second-order valence-electron chi connectivity index (χ2n) is 19.4. The molecule has 48 heteroatoms. The average molecular weight is 1400 g/mol. The van der Waals surface area contributed by atoms with Crippen molar-refractivity contribution in [1.29, 1.82) is 0 Å². The second kappa shape index (κ2) is 30.5. The lowest BCUT2D eigenvalue weighted by atomic mass is 9.95. The summed E-state index contributed by atoms with van der Waals surface area (Å²) in [6.07, 6.45) is -48.7. The van der Waals surface area contributed by atoms with Crippen molar-refractivity contribution < 1.29 is 196 Å². The zero-order valence-electron chi connectivity index (χ0n) is 47.7. The van der Waals surface area contributed by atoms with Gasteiger partial charge in [-0.2, -0.15) is 0 Å². The molecule has 0 amide bonds. The lowest BCUT2D eigenvalue weighted by Crippen LogP contribution is -2.69. The van der Waals surface area contributed by atoms with E-state index in [4.69, 9.17) is 98.4 Å². The van der Waals surface area contributed by atoms with Crippen LogP contribution < -0.4 is 10.2 Å². The van der Waals surface area contributed by atoms with Gasteiger partial charge < -0.3 is 133 Å². The Bertz CT molecular complexity index is 2940. The largest absolute Gasteiger partial charge is 0.726 e. The van der Waals surface area contributed by atoms with Crippen molar-refractivity contribution in [2.24, 2.45) is 11.8 Å². The fourth-order valence-corrected chi connectivity index (χ4v) is 13.4. The summed E-state index contributed by atoms with van der Waals surface area (Å²) in [6.45, 7) is -2.62.